The number of hydrogen-bond acceptors (Lipinski definition) is 2. The van der Waals surface area contributed by atoms with E-state index in [-0.39, 0.29) is 11.6 Å². The lowest BCUT2D eigenvalue weighted by Crippen LogP contribution is -1.94. The van der Waals surface area contributed by atoms with E-state index in [4.69, 9.17) is 0 Å². The second kappa shape index (κ2) is 11.2. The molecular formula is C28H24O2. The van der Waals surface area contributed by atoms with Crippen LogP contribution in [0.3, 0.4) is 0 Å². The van der Waals surface area contributed by atoms with Gasteiger partial charge in [0.1, 0.15) is 0 Å². The summed E-state index contributed by atoms with van der Waals surface area (Å²) in [5, 5.41) is 0. The molecule has 0 aromatic heterocycles. The number of rotatable bonds is 2. The highest BCUT2D eigenvalue weighted by Gasteiger charge is 2.00. The maximum atomic E-state index is 11.8. The fourth-order valence-corrected chi connectivity index (χ4v) is 2.43. The monoisotopic (exact) mass is 392 g/mol. The largest absolute Gasteiger partial charge is 0.279 e. The van der Waals surface area contributed by atoms with Crippen molar-refractivity contribution in [2.45, 2.75) is 27.7 Å². The molecule has 0 amide bonds. The lowest BCUT2D eigenvalue weighted by molar-refractivity contribution is 0.104. The zero-order chi connectivity index (χ0) is 21.9. The van der Waals surface area contributed by atoms with Crippen LogP contribution in [0.25, 0.3) is 0 Å². The SMILES string of the molecule is CC#CC(=O)c1ccc(C)cc1.Cc1ccc(C#CC(=O)c2ccc(C)cc2)cc1. The first kappa shape index (κ1) is 22.4. The van der Waals surface area contributed by atoms with Crippen LogP contribution < -0.4 is 0 Å². The van der Waals surface area contributed by atoms with Gasteiger partial charge < -0.3 is 0 Å². The molecule has 0 radical (unpaired) electrons. The van der Waals surface area contributed by atoms with Crippen molar-refractivity contribution >= 4 is 11.6 Å². The van der Waals surface area contributed by atoms with Gasteiger partial charge in [-0.25, -0.2) is 0 Å². The normalized spacial score (nSPS) is 9.07. The zero-order valence-corrected chi connectivity index (χ0v) is 17.7. The minimum absolute atomic E-state index is 0.113. The Bertz CT molecular complexity index is 1130. The van der Waals surface area contributed by atoms with Crippen LogP contribution in [-0.4, -0.2) is 11.6 Å². The summed E-state index contributed by atoms with van der Waals surface area (Å²) in [7, 11) is 0. The lowest BCUT2D eigenvalue weighted by Gasteiger charge is -1.95. The number of carbonyl (C=O) groups excluding carboxylic acids is 2. The third-order valence-electron chi connectivity index (χ3n) is 4.24. The van der Waals surface area contributed by atoms with Crippen molar-refractivity contribution < 1.29 is 9.59 Å². The first-order valence-corrected chi connectivity index (χ1v) is 9.62. The first-order valence-electron chi connectivity index (χ1n) is 9.62. The maximum absolute atomic E-state index is 11.8. The van der Waals surface area contributed by atoms with E-state index in [9.17, 15) is 9.59 Å². The molecule has 3 aromatic carbocycles. The van der Waals surface area contributed by atoms with Crippen molar-refractivity contribution in [1.29, 1.82) is 0 Å². The van der Waals surface area contributed by atoms with E-state index >= 15 is 0 Å². The molecule has 0 atom stereocenters. The van der Waals surface area contributed by atoms with Gasteiger partial charge >= 0.3 is 0 Å². The fourth-order valence-electron chi connectivity index (χ4n) is 2.43. The molecule has 0 spiro atoms. The van der Waals surface area contributed by atoms with Crippen molar-refractivity contribution in [3.05, 3.63) is 106 Å². The highest BCUT2D eigenvalue weighted by molar-refractivity contribution is 6.09. The molecule has 0 N–H and O–H groups in total. The van der Waals surface area contributed by atoms with E-state index in [2.05, 4.69) is 23.7 Å². The van der Waals surface area contributed by atoms with Gasteiger partial charge in [-0.05, 0) is 51.7 Å². The number of carbonyl (C=O) groups is 2. The van der Waals surface area contributed by atoms with Gasteiger partial charge in [0.15, 0.2) is 0 Å². The molecule has 148 valence electrons. The van der Waals surface area contributed by atoms with Gasteiger partial charge in [-0.3, -0.25) is 9.59 Å². The molecule has 0 heterocycles. The molecule has 0 saturated heterocycles. The predicted octanol–water partition coefficient (Wildman–Crippen LogP) is 5.74. The Hall–Kier alpha value is -3.88. The molecular weight excluding hydrogens is 368 g/mol. The third kappa shape index (κ3) is 7.27. The van der Waals surface area contributed by atoms with Gasteiger partial charge in [0.25, 0.3) is 0 Å². The highest BCUT2D eigenvalue weighted by atomic mass is 16.1. The number of ketones is 2. The molecule has 2 nitrogen and oxygen atoms in total. The molecule has 0 fully saturated rings. The van der Waals surface area contributed by atoms with Crippen molar-refractivity contribution in [3.8, 4) is 23.7 Å². The number of aryl methyl sites for hydroxylation is 3. The Balaban J connectivity index is 0.000000232. The number of Topliss-reactive ketones (excluding diaryl/α,β-unsaturated/α-hetero) is 2. The molecule has 0 unspecified atom stereocenters. The summed E-state index contributed by atoms with van der Waals surface area (Å²) >= 11 is 0. The van der Waals surface area contributed by atoms with Crippen molar-refractivity contribution in [3.63, 3.8) is 0 Å². The smallest absolute Gasteiger partial charge is 0.236 e. The summed E-state index contributed by atoms with van der Waals surface area (Å²) in [6, 6.07) is 22.7. The van der Waals surface area contributed by atoms with Crippen molar-refractivity contribution in [1.82, 2.24) is 0 Å². The minimum atomic E-state index is -0.143. The highest BCUT2D eigenvalue weighted by Crippen LogP contribution is 2.05. The predicted molar refractivity (Wildman–Crippen MR) is 123 cm³/mol. The van der Waals surface area contributed by atoms with E-state index in [1.165, 1.54) is 5.56 Å². The molecule has 0 aliphatic heterocycles. The summed E-state index contributed by atoms with van der Waals surface area (Å²) in [5.74, 6) is 10.4. The molecule has 3 rings (SSSR count). The van der Waals surface area contributed by atoms with Crippen LogP contribution in [0, 0.1) is 44.5 Å². The average molecular weight is 392 g/mol. The standard InChI is InChI=1S/C17H14O.C11H10O/c1-13-3-7-15(8-4-13)9-12-17(18)16-10-5-14(2)6-11-16;1-3-4-11(12)10-7-5-9(2)6-8-10/h3-8,10-11H,1-2H3;5-8H,1-2H3. The summed E-state index contributed by atoms with van der Waals surface area (Å²) < 4.78 is 0. The zero-order valence-electron chi connectivity index (χ0n) is 17.7. The molecule has 2 heteroatoms. The average Bonchev–Trinajstić information content (AvgIpc) is 2.75. The van der Waals surface area contributed by atoms with Gasteiger partial charge in [0.05, 0.1) is 0 Å². The van der Waals surface area contributed by atoms with E-state index in [1.807, 2.05) is 81.4 Å². The van der Waals surface area contributed by atoms with E-state index in [0.29, 0.717) is 11.1 Å². The topological polar surface area (TPSA) is 34.1 Å². The Morgan fingerprint density at radius 2 is 0.933 bits per heavy atom. The molecule has 0 saturated carbocycles. The van der Waals surface area contributed by atoms with Crippen LogP contribution in [0.5, 0.6) is 0 Å². The van der Waals surface area contributed by atoms with Gasteiger partial charge in [0.2, 0.25) is 11.6 Å². The molecule has 30 heavy (non-hydrogen) atoms. The molecule has 3 aromatic rings. The second-order valence-electron chi connectivity index (χ2n) is 6.88. The van der Waals surface area contributed by atoms with E-state index < -0.39 is 0 Å². The second-order valence-corrected chi connectivity index (χ2v) is 6.88. The summed E-state index contributed by atoms with van der Waals surface area (Å²) in [4.78, 5) is 23.0. The van der Waals surface area contributed by atoms with Crippen LogP contribution in [0.4, 0.5) is 0 Å². The van der Waals surface area contributed by atoms with Gasteiger partial charge in [0, 0.05) is 16.7 Å². The fraction of sp³-hybridized carbons (Fsp3) is 0.143. The molecule has 0 bridgehead atoms. The van der Waals surface area contributed by atoms with Crippen LogP contribution in [-0.2, 0) is 0 Å². The molecule has 0 aliphatic rings. The Labute approximate surface area is 179 Å². The summed E-state index contributed by atoms with van der Waals surface area (Å²) in [6.45, 7) is 7.66. The van der Waals surface area contributed by atoms with Gasteiger partial charge in [-0.1, -0.05) is 89.2 Å². The molecule has 0 aliphatic carbocycles. The summed E-state index contributed by atoms with van der Waals surface area (Å²) in [5.41, 5.74) is 5.63. The summed E-state index contributed by atoms with van der Waals surface area (Å²) in [6.07, 6.45) is 0. The minimum Gasteiger partial charge on any atom is -0.279 e. The van der Waals surface area contributed by atoms with Gasteiger partial charge in [-0.2, -0.15) is 0 Å². The quantitative estimate of drug-likeness (QED) is 0.317. The lowest BCUT2D eigenvalue weighted by atomic mass is 10.1. The Kier molecular flexibility index (Phi) is 8.37. The first-order chi connectivity index (χ1) is 14.4. The van der Waals surface area contributed by atoms with Gasteiger partial charge in [-0.15, -0.1) is 0 Å². The van der Waals surface area contributed by atoms with Crippen LogP contribution >= 0.6 is 0 Å². The van der Waals surface area contributed by atoms with Crippen LogP contribution in [0.15, 0.2) is 72.8 Å². The van der Waals surface area contributed by atoms with Crippen LogP contribution in [0.2, 0.25) is 0 Å². The number of benzene rings is 3. The van der Waals surface area contributed by atoms with Crippen LogP contribution in [0.1, 0.15) is 49.9 Å². The number of hydrogen-bond donors (Lipinski definition) is 0. The van der Waals surface area contributed by atoms with Crippen molar-refractivity contribution in [2.24, 2.45) is 0 Å². The van der Waals surface area contributed by atoms with E-state index in [1.54, 1.807) is 19.1 Å². The maximum Gasteiger partial charge on any atom is 0.236 e. The third-order valence-corrected chi connectivity index (χ3v) is 4.24. The van der Waals surface area contributed by atoms with E-state index in [0.717, 1.165) is 16.7 Å². The van der Waals surface area contributed by atoms with Crippen molar-refractivity contribution in [2.75, 3.05) is 0 Å². The Morgan fingerprint density at radius 1 is 0.567 bits per heavy atom. The Morgan fingerprint density at radius 3 is 1.33 bits per heavy atom.